The fourth-order valence-electron chi connectivity index (χ4n) is 8.69. The fraction of sp³-hybridized carbons (Fsp3) is 0.857. The normalized spacial score (nSPS) is 31.3. The zero-order valence-corrected chi connectivity index (χ0v) is 26.8. The van der Waals surface area contributed by atoms with Crippen LogP contribution in [0.5, 0.6) is 0 Å². The molecular weight excluding hydrogens is 548 g/mol. The number of imide groups is 2. The summed E-state index contributed by atoms with van der Waals surface area (Å²) in [5.41, 5.74) is -12.0. The molecule has 14 nitrogen and oxygen atoms in total. The van der Waals surface area contributed by atoms with Gasteiger partial charge in [-0.15, -0.1) is 41.1 Å². The number of hydrogen-bond donors (Lipinski definition) is 0. The van der Waals surface area contributed by atoms with Crippen molar-refractivity contribution in [2.24, 2.45) is 0 Å². The van der Waals surface area contributed by atoms with Gasteiger partial charge >= 0.3 is 11.8 Å². The van der Waals surface area contributed by atoms with Gasteiger partial charge in [0.1, 0.15) is 22.4 Å². The molecule has 4 fully saturated rings. The van der Waals surface area contributed by atoms with E-state index in [4.69, 9.17) is 0 Å². The van der Waals surface area contributed by atoms with Crippen LogP contribution in [0.25, 0.3) is 0 Å². The maximum Gasteiger partial charge on any atom is 0.320 e. The van der Waals surface area contributed by atoms with Gasteiger partial charge in [0.15, 0.2) is 0 Å². The Morgan fingerprint density at radius 2 is 0.667 bits per heavy atom. The molecule has 4 radical (unpaired) electrons. The van der Waals surface area contributed by atoms with Crippen molar-refractivity contribution in [3.8, 4) is 0 Å². The standard InChI is InChI=1S/C28H44N6O8/c1-21(2)13-27(14-22(3,4)31(21)39)19(37)29(25(9,10)33(27)41)17(35)18(36)30-20(38)28(34(42)26(30,11)12)15-23(5,6)32(40)24(7,8)16-28/h13-16H2,1-12H3. The van der Waals surface area contributed by atoms with Gasteiger partial charge in [-0.2, -0.15) is 0 Å². The third kappa shape index (κ3) is 3.99. The lowest BCUT2D eigenvalue weighted by Gasteiger charge is -2.54. The molecule has 0 atom stereocenters. The highest BCUT2D eigenvalue weighted by molar-refractivity contribution is 6.41. The summed E-state index contributed by atoms with van der Waals surface area (Å²) in [4.78, 5) is 57.4. The number of carbonyl (C=O) groups excluding carboxylic acids is 4. The van der Waals surface area contributed by atoms with E-state index >= 15 is 0 Å². The minimum absolute atomic E-state index is 0.196. The molecule has 0 N–H and O–H groups in total. The highest BCUT2D eigenvalue weighted by Crippen LogP contribution is 2.54. The third-order valence-electron chi connectivity index (χ3n) is 9.76. The summed E-state index contributed by atoms with van der Waals surface area (Å²) in [5.74, 6) is -4.71. The molecule has 4 saturated heterocycles. The monoisotopic (exact) mass is 592 g/mol. The molecule has 0 bridgehead atoms. The Morgan fingerprint density at radius 3 is 0.881 bits per heavy atom. The summed E-state index contributed by atoms with van der Waals surface area (Å²) in [7, 11) is 0. The Kier molecular flexibility index (Phi) is 6.87. The van der Waals surface area contributed by atoms with E-state index in [-0.39, 0.29) is 25.7 Å². The molecule has 4 aliphatic rings. The van der Waals surface area contributed by atoms with Gasteiger partial charge in [-0.1, -0.05) is 0 Å². The molecule has 14 heteroatoms. The average molecular weight is 593 g/mol. The van der Waals surface area contributed by atoms with E-state index in [0.29, 0.717) is 19.9 Å². The van der Waals surface area contributed by atoms with Gasteiger partial charge in [0.05, 0.1) is 0 Å². The minimum atomic E-state index is -1.85. The second-order valence-corrected chi connectivity index (χ2v) is 16.1. The van der Waals surface area contributed by atoms with Crippen molar-refractivity contribution in [2.45, 2.75) is 153 Å². The van der Waals surface area contributed by atoms with Crippen LogP contribution in [0.2, 0.25) is 0 Å². The molecule has 4 rings (SSSR count). The SMILES string of the molecule is CC1(C)CC2(CC(C)(C)N1[O])C(=O)N(C(=O)C(=O)N1C(=O)C3(CC(C)(C)N([O])C(C)(C)C3)N([O])C1(C)C)C(C)(C)N2[O]. The van der Waals surface area contributed by atoms with Crippen molar-refractivity contribution in [3.63, 3.8) is 0 Å². The molecule has 0 aromatic rings. The highest BCUT2D eigenvalue weighted by Gasteiger charge is 2.73. The minimum Gasteiger partial charge on any atom is -0.272 e. The molecule has 42 heavy (non-hydrogen) atoms. The van der Waals surface area contributed by atoms with Gasteiger partial charge in [-0.05, 0) is 109 Å². The van der Waals surface area contributed by atoms with Gasteiger partial charge in [0.25, 0.3) is 11.8 Å². The summed E-state index contributed by atoms with van der Waals surface area (Å²) in [6, 6.07) is 0. The summed E-state index contributed by atoms with van der Waals surface area (Å²) in [6.07, 6.45) is -0.785. The van der Waals surface area contributed by atoms with E-state index in [1.54, 1.807) is 55.4 Å². The van der Waals surface area contributed by atoms with Crippen LogP contribution < -0.4 is 0 Å². The van der Waals surface area contributed by atoms with Crippen LogP contribution in [0.4, 0.5) is 0 Å². The molecular formula is C28H44N6O8. The third-order valence-corrected chi connectivity index (χ3v) is 9.76. The Morgan fingerprint density at radius 1 is 0.452 bits per heavy atom. The van der Waals surface area contributed by atoms with E-state index in [1.165, 1.54) is 27.7 Å². The molecule has 234 valence electrons. The number of rotatable bonds is 0. The summed E-state index contributed by atoms with van der Waals surface area (Å²) < 4.78 is 0. The van der Waals surface area contributed by atoms with Gasteiger partial charge in [-0.3, -0.25) is 29.0 Å². The summed E-state index contributed by atoms with van der Waals surface area (Å²) in [5, 5.41) is 56.6. The second kappa shape index (κ2) is 8.78. The first kappa shape index (κ1) is 32.9. The van der Waals surface area contributed by atoms with E-state index in [0.717, 1.165) is 10.1 Å². The van der Waals surface area contributed by atoms with Crippen LogP contribution in [0.3, 0.4) is 0 Å². The van der Waals surface area contributed by atoms with Crippen LogP contribution in [0.1, 0.15) is 109 Å². The summed E-state index contributed by atoms with van der Waals surface area (Å²) in [6.45, 7) is 18.2. The number of nitrogens with zero attached hydrogens (tertiary/aromatic N) is 6. The van der Waals surface area contributed by atoms with Crippen LogP contribution in [0, 0.1) is 0 Å². The lowest BCUT2D eigenvalue weighted by atomic mass is 9.70. The smallest absolute Gasteiger partial charge is 0.272 e. The molecule has 0 unspecified atom stereocenters. The van der Waals surface area contributed by atoms with Crippen molar-refractivity contribution in [3.05, 3.63) is 0 Å². The zero-order valence-electron chi connectivity index (χ0n) is 26.8. The van der Waals surface area contributed by atoms with E-state index in [2.05, 4.69) is 0 Å². The first-order chi connectivity index (χ1) is 18.6. The Balaban J connectivity index is 1.76. The molecule has 0 aliphatic carbocycles. The largest absolute Gasteiger partial charge is 0.320 e. The first-order valence-electron chi connectivity index (χ1n) is 14.3. The number of carbonyl (C=O) groups is 4. The molecule has 4 aliphatic heterocycles. The summed E-state index contributed by atoms with van der Waals surface area (Å²) >= 11 is 0. The predicted molar refractivity (Wildman–Crippen MR) is 142 cm³/mol. The van der Waals surface area contributed by atoms with Gasteiger partial charge in [-0.25, -0.2) is 0 Å². The van der Waals surface area contributed by atoms with Crippen molar-refractivity contribution in [1.29, 1.82) is 0 Å². The Bertz CT molecular complexity index is 1110. The molecule has 0 aromatic heterocycles. The molecule has 0 aromatic carbocycles. The average Bonchev–Trinajstić information content (AvgIpc) is 3.04. The van der Waals surface area contributed by atoms with Gasteiger partial charge in [0.2, 0.25) is 0 Å². The Labute approximate surface area is 247 Å². The highest BCUT2D eigenvalue weighted by atomic mass is 16.5. The molecule has 2 spiro atoms. The van der Waals surface area contributed by atoms with Crippen molar-refractivity contribution >= 4 is 23.6 Å². The number of amides is 4. The van der Waals surface area contributed by atoms with Crippen molar-refractivity contribution < 1.29 is 40.0 Å². The number of hydroxylamine groups is 8. The van der Waals surface area contributed by atoms with Crippen LogP contribution >= 0.6 is 0 Å². The van der Waals surface area contributed by atoms with Gasteiger partial charge in [0, 0.05) is 22.2 Å². The van der Waals surface area contributed by atoms with Crippen molar-refractivity contribution in [2.75, 3.05) is 0 Å². The van der Waals surface area contributed by atoms with Crippen LogP contribution in [-0.4, -0.2) is 98.2 Å². The topological polar surface area (TPSA) is 167 Å². The maximum absolute atomic E-state index is 14.1. The lowest BCUT2D eigenvalue weighted by molar-refractivity contribution is -0.336. The molecule has 0 saturated carbocycles. The van der Waals surface area contributed by atoms with Gasteiger partial charge < -0.3 is 0 Å². The van der Waals surface area contributed by atoms with E-state index < -0.39 is 68.2 Å². The lowest BCUT2D eigenvalue weighted by Crippen LogP contribution is -2.69. The van der Waals surface area contributed by atoms with E-state index in [9.17, 15) is 40.0 Å². The predicted octanol–water partition coefficient (Wildman–Crippen LogP) is 1.97. The number of piperidine rings is 2. The van der Waals surface area contributed by atoms with Crippen LogP contribution in [0.15, 0.2) is 0 Å². The zero-order chi connectivity index (χ0) is 32.6. The van der Waals surface area contributed by atoms with E-state index in [1.807, 2.05) is 0 Å². The second-order valence-electron chi connectivity index (χ2n) is 16.1. The van der Waals surface area contributed by atoms with Crippen molar-refractivity contribution in [1.82, 2.24) is 30.1 Å². The molecule has 4 amide bonds. The molecule has 4 heterocycles. The quantitative estimate of drug-likeness (QED) is 0.385. The van der Waals surface area contributed by atoms with Crippen LogP contribution in [-0.2, 0) is 40.0 Å². The Hall–Kier alpha value is -2.04. The first-order valence-corrected chi connectivity index (χ1v) is 14.3. The maximum atomic E-state index is 14.1. The fourth-order valence-corrected chi connectivity index (χ4v) is 8.69. The number of hydrogen-bond acceptors (Lipinski definition) is 8.